The number of nitrogens with one attached hydrogen (secondary N) is 2. The SMILES string of the molecule is CC(C)(C)OC(=O)N[C@H](Cc1c[nH]c2ccccc12)c1nnc(SCc2cccc(F)c2)o1. The quantitative estimate of drug-likeness (QED) is 0.334. The van der Waals surface area contributed by atoms with Gasteiger partial charge in [-0.3, -0.25) is 0 Å². The van der Waals surface area contributed by atoms with Crippen molar-refractivity contribution >= 4 is 28.8 Å². The number of halogens is 1. The highest BCUT2D eigenvalue weighted by Gasteiger charge is 2.26. The predicted octanol–water partition coefficient (Wildman–Crippen LogP) is 5.79. The first-order valence-corrected chi connectivity index (χ1v) is 11.5. The summed E-state index contributed by atoms with van der Waals surface area (Å²) >= 11 is 1.30. The zero-order valence-electron chi connectivity index (χ0n) is 18.6. The Morgan fingerprint density at radius 2 is 2.03 bits per heavy atom. The van der Waals surface area contributed by atoms with Crippen LogP contribution in [0.5, 0.6) is 0 Å². The van der Waals surface area contributed by atoms with Crippen LogP contribution >= 0.6 is 11.8 Å². The van der Waals surface area contributed by atoms with Crippen molar-refractivity contribution < 1.29 is 18.3 Å². The maximum Gasteiger partial charge on any atom is 0.408 e. The smallest absolute Gasteiger partial charge is 0.408 e. The molecule has 2 N–H and O–H groups in total. The van der Waals surface area contributed by atoms with Gasteiger partial charge in [0, 0.05) is 29.3 Å². The van der Waals surface area contributed by atoms with Gasteiger partial charge in [-0.1, -0.05) is 42.1 Å². The van der Waals surface area contributed by atoms with E-state index >= 15 is 0 Å². The minimum atomic E-state index is -0.643. The molecule has 4 aromatic rings. The molecule has 1 amide bonds. The molecule has 0 radical (unpaired) electrons. The van der Waals surface area contributed by atoms with Gasteiger partial charge >= 0.3 is 6.09 Å². The summed E-state index contributed by atoms with van der Waals surface area (Å²) in [5.41, 5.74) is 2.16. The van der Waals surface area contributed by atoms with Crippen LogP contribution in [0.4, 0.5) is 9.18 Å². The molecule has 0 aliphatic rings. The molecular formula is C24H25FN4O3S. The fourth-order valence-electron chi connectivity index (χ4n) is 3.36. The molecule has 172 valence electrons. The lowest BCUT2D eigenvalue weighted by molar-refractivity contribution is 0.0494. The maximum absolute atomic E-state index is 13.4. The molecule has 0 aliphatic heterocycles. The molecule has 2 aromatic carbocycles. The van der Waals surface area contributed by atoms with Gasteiger partial charge in [-0.05, 0) is 50.1 Å². The number of rotatable bonds is 7. The van der Waals surface area contributed by atoms with E-state index in [0.29, 0.717) is 17.4 Å². The minimum absolute atomic E-state index is 0.271. The number of H-pyrrole nitrogens is 1. The first-order chi connectivity index (χ1) is 15.8. The highest BCUT2D eigenvalue weighted by atomic mass is 32.2. The average Bonchev–Trinajstić information content (AvgIpc) is 3.38. The number of carbonyl (C=O) groups excluding carboxylic acids is 1. The molecule has 0 unspecified atom stereocenters. The third-order valence-electron chi connectivity index (χ3n) is 4.76. The molecule has 9 heteroatoms. The first-order valence-electron chi connectivity index (χ1n) is 10.5. The number of ether oxygens (including phenoxy) is 1. The number of hydrogen-bond donors (Lipinski definition) is 2. The first kappa shape index (κ1) is 22.8. The van der Waals surface area contributed by atoms with Crippen molar-refractivity contribution in [3.63, 3.8) is 0 Å². The van der Waals surface area contributed by atoms with E-state index in [1.807, 2.05) is 36.5 Å². The number of nitrogens with zero attached hydrogens (tertiary/aromatic N) is 2. The number of benzene rings is 2. The van der Waals surface area contributed by atoms with E-state index in [2.05, 4.69) is 20.5 Å². The van der Waals surface area contributed by atoms with E-state index in [4.69, 9.17) is 9.15 Å². The summed E-state index contributed by atoms with van der Waals surface area (Å²) in [6, 6.07) is 13.7. The Morgan fingerprint density at radius 1 is 1.21 bits per heavy atom. The summed E-state index contributed by atoms with van der Waals surface area (Å²) in [6.45, 7) is 5.40. The van der Waals surface area contributed by atoms with Crippen LogP contribution in [0.1, 0.15) is 43.8 Å². The van der Waals surface area contributed by atoms with E-state index < -0.39 is 17.7 Å². The van der Waals surface area contributed by atoms with Crippen molar-refractivity contribution in [1.29, 1.82) is 0 Å². The topological polar surface area (TPSA) is 93.0 Å². The van der Waals surface area contributed by atoms with Crippen molar-refractivity contribution in [2.75, 3.05) is 0 Å². The molecule has 33 heavy (non-hydrogen) atoms. The van der Waals surface area contributed by atoms with Crippen LogP contribution in [-0.2, 0) is 16.9 Å². The molecule has 2 heterocycles. The predicted molar refractivity (Wildman–Crippen MR) is 124 cm³/mol. The van der Waals surface area contributed by atoms with Gasteiger partial charge in [-0.2, -0.15) is 0 Å². The van der Waals surface area contributed by atoms with Gasteiger partial charge in [0.05, 0.1) is 0 Å². The summed E-state index contributed by atoms with van der Waals surface area (Å²) in [5, 5.41) is 12.5. The molecule has 2 aromatic heterocycles. The Labute approximate surface area is 195 Å². The zero-order chi connectivity index (χ0) is 23.4. The molecule has 7 nitrogen and oxygen atoms in total. The second-order valence-electron chi connectivity index (χ2n) is 8.59. The largest absolute Gasteiger partial charge is 0.444 e. The Hall–Kier alpha value is -3.33. The summed E-state index contributed by atoms with van der Waals surface area (Å²) in [6.07, 6.45) is 1.77. The highest BCUT2D eigenvalue weighted by Crippen LogP contribution is 2.28. The molecule has 4 rings (SSSR count). The molecule has 0 aliphatic carbocycles. The van der Waals surface area contributed by atoms with Crippen LogP contribution in [0.15, 0.2) is 64.4 Å². The number of carbonyl (C=O) groups is 1. The van der Waals surface area contributed by atoms with E-state index in [1.165, 1.54) is 23.9 Å². The molecular weight excluding hydrogens is 443 g/mol. The van der Waals surface area contributed by atoms with E-state index in [9.17, 15) is 9.18 Å². The van der Waals surface area contributed by atoms with Gasteiger partial charge in [-0.15, -0.1) is 10.2 Å². The number of aromatic nitrogens is 3. The Morgan fingerprint density at radius 3 is 2.82 bits per heavy atom. The molecule has 0 spiro atoms. The fraction of sp³-hybridized carbons (Fsp3) is 0.292. The Kier molecular flexibility index (Phi) is 6.69. The third-order valence-corrected chi connectivity index (χ3v) is 5.65. The van der Waals surface area contributed by atoms with E-state index in [-0.39, 0.29) is 11.7 Å². The van der Waals surface area contributed by atoms with Crippen LogP contribution in [0.3, 0.4) is 0 Å². The number of hydrogen-bond acceptors (Lipinski definition) is 6. The van der Waals surface area contributed by atoms with Gasteiger partial charge in [0.1, 0.15) is 17.5 Å². The summed E-state index contributed by atoms with van der Waals surface area (Å²) in [4.78, 5) is 15.8. The third kappa shape index (κ3) is 6.13. The Bertz CT molecular complexity index is 1250. The van der Waals surface area contributed by atoms with Crippen molar-refractivity contribution in [2.24, 2.45) is 0 Å². The van der Waals surface area contributed by atoms with Gasteiger partial charge in [0.15, 0.2) is 0 Å². The van der Waals surface area contributed by atoms with Gasteiger partial charge in [0.2, 0.25) is 5.89 Å². The standard InChI is InChI=1S/C24H25FN4O3S/c1-24(2,3)32-22(30)27-20(12-16-13-26-19-10-5-4-9-18(16)19)21-28-29-23(31-21)33-14-15-7-6-8-17(25)11-15/h4-11,13,20,26H,12,14H2,1-3H3,(H,27,30)/t20-/m1/s1. The number of fused-ring (bicyclic) bond motifs is 1. The Balaban J connectivity index is 1.53. The fourth-order valence-corrected chi connectivity index (χ4v) is 4.07. The van der Waals surface area contributed by atoms with Crippen molar-refractivity contribution in [1.82, 2.24) is 20.5 Å². The van der Waals surface area contributed by atoms with Crippen LogP contribution in [-0.4, -0.2) is 26.9 Å². The monoisotopic (exact) mass is 468 g/mol. The number of amides is 1. The van der Waals surface area contributed by atoms with Gasteiger partial charge in [-0.25, -0.2) is 9.18 Å². The lowest BCUT2D eigenvalue weighted by Crippen LogP contribution is -2.36. The number of para-hydroxylation sites is 1. The molecule has 1 atom stereocenters. The summed E-state index contributed by atoms with van der Waals surface area (Å²) < 4.78 is 24.7. The minimum Gasteiger partial charge on any atom is -0.444 e. The van der Waals surface area contributed by atoms with E-state index in [1.54, 1.807) is 26.8 Å². The lowest BCUT2D eigenvalue weighted by Gasteiger charge is -2.22. The van der Waals surface area contributed by atoms with E-state index in [0.717, 1.165) is 22.0 Å². The summed E-state index contributed by atoms with van der Waals surface area (Å²) in [7, 11) is 0. The van der Waals surface area contributed by atoms with Crippen LogP contribution in [0, 0.1) is 5.82 Å². The van der Waals surface area contributed by atoms with Crippen LogP contribution < -0.4 is 5.32 Å². The molecule has 0 saturated heterocycles. The molecule has 0 saturated carbocycles. The normalized spacial score (nSPS) is 12.6. The second-order valence-corrected chi connectivity index (χ2v) is 9.51. The van der Waals surface area contributed by atoms with Crippen molar-refractivity contribution in [3.05, 3.63) is 77.6 Å². The molecule has 0 bridgehead atoms. The number of thioether (sulfide) groups is 1. The molecule has 0 fully saturated rings. The maximum atomic E-state index is 13.4. The van der Waals surface area contributed by atoms with Crippen LogP contribution in [0.2, 0.25) is 0 Å². The second kappa shape index (κ2) is 9.66. The summed E-state index contributed by atoms with van der Waals surface area (Å²) in [5.74, 6) is 0.457. The van der Waals surface area contributed by atoms with Gasteiger partial charge in [0.25, 0.3) is 5.22 Å². The number of aromatic amines is 1. The average molecular weight is 469 g/mol. The highest BCUT2D eigenvalue weighted by molar-refractivity contribution is 7.98. The zero-order valence-corrected chi connectivity index (χ0v) is 19.4. The number of alkyl carbamates (subject to hydrolysis) is 1. The van der Waals surface area contributed by atoms with Crippen molar-refractivity contribution in [3.8, 4) is 0 Å². The van der Waals surface area contributed by atoms with Crippen molar-refractivity contribution in [2.45, 2.75) is 49.8 Å². The van der Waals surface area contributed by atoms with Crippen LogP contribution in [0.25, 0.3) is 10.9 Å². The lowest BCUT2D eigenvalue weighted by atomic mass is 10.1. The van der Waals surface area contributed by atoms with Gasteiger partial charge < -0.3 is 19.5 Å².